The van der Waals surface area contributed by atoms with Gasteiger partial charge in [-0.1, -0.05) is 6.92 Å². The Labute approximate surface area is 102 Å². The highest BCUT2D eigenvalue weighted by Gasteiger charge is 2.21. The summed E-state index contributed by atoms with van der Waals surface area (Å²) in [5.41, 5.74) is -0.331. The van der Waals surface area contributed by atoms with Crippen molar-refractivity contribution in [3.8, 4) is 0 Å². The van der Waals surface area contributed by atoms with Gasteiger partial charge in [-0.2, -0.15) is 0 Å². The third kappa shape index (κ3) is 2.69. The van der Waals surface area contributed by atoms with Gasteiger partial charge in [-0.15, -0.1) is 0 Å². The number of halogens is 1. The smallest absolute Gasteiger partial charge is 0.329 e. The highest BCUT2D eigenvalue weighted by Crippen LogP contribution is 2.11. The molecular formula is C10H13BrN2O3. The quantitative estimate of drug-likeness (QED) is 0.788. The first-order valence-electron chi connectivity index (χ1n) is 5.01. The Morgan fingerprint density at radius 1 is 1.62 bits per heavy atom. The van der Waals surface area contributed by atoms with Crippen molar-refractivity contribution in [2.75, 3.05) is 6.61 Å². The minimum atomic E-state index is -0.591. The van der Waals surface area contributed by atoms with Gasteiger partial charge in [0.2, 0.25) is 0 Å². The van der Waals surface area contributed by atoms with E-state index < -0.39 is 12.0 Å². The standard InChI is InChI=1S/C10H13BrN2O3/c1-3-7(10(15)16-4-2)13-6-5-12-8(11)9(13)14/h5-7H,3-4H2,1-2H3/t7-/m0/s1. The lowest BCUT2D eigenvalue weighted by molar-refractivity contribution is -0.147. The van der Waals surface area contributed by atoms with E-state index in [4.69, 9.17) is 4.74 Å². The molecule has 0 spiro atoms. The Morgan fingerprint density at radius 2 is 2.31 bits per heavy atom. The van der Waals surface area contributed by atoms with Crippen molar-refractivity contribution in [3.05, 3.63) is 27.4 Å². The van der Waals surface area contributed by atoms with Gasteiger partial charge in [0, 0.05) is 12.4 Å². The van der Waals surface area contributed by atoms with Crippen molar-refractivity contribution in [3.63, 3.8) is 0 Å². The van der Waals surface area contributed by atoms with Crippen molar-refractivity contribution < 1.29 is 9.53 Å². The molecule has 1 aromatic heterocycles. The first-order chi connectivity index (χ1) is 7.61. The van der Waals surface area contributed by atoms with Crippen LogP contribution in [0.2, 0.25) is 0 Å². The van der Waals surface area contributed by atoms with Gasteiger partial charge < -0.3 is 4.74 Å². The number of carbonyl (C=O) groups excluding carboxylic acids is 1. The van der Waals surface area contributed by atoms with Crippen LogP contribution in [0.15, 0.2) is 21.8 Å². The van der Waals surface area contributed by atoms with E-state index >= 15 is 0 Å². The molecule has 0 aliphatic carbocycles. The molecule has 0 fully saturated rings. The molecule has 88 valence electrons. The third-order valence-electron chi connectivity index (χ3n) is 2.11. The molecule has 1 atom stereocenters. The topological polar surface area (TPSA) is 61.2 Å². The summed E-state index contributed by atoms with van der Waals surface area (Å²) in [6, 6.07) is -0.591. The molecule has 0 aliphatic rings. The molecule has 6 heteroatoms. The van der Waals surface area contributed by atoms with Crippen LogP contribution in [0.1, 0.15) is 26.3 Å². The fourth-order valence-electron chi connectivity index (χ4n) is 1.36. The lowest BCUT2D eigenvalue weighted by atomic mass is 10.2. The maximum absolute atomic E-state index is 11.7. The Bertz CT molecular complexity index is 430. The van der Waals surface area contributed by atoms with Gasteiger partial charge in [0.25, 0.3) is 5.56 Å². The molecule has 0 saturated carbocycles. The van der Waals surface area contributed by atoms with E-state index in [0.29, 0.717) is 13.0 Å². The monoisotopic (exact) mass is 288 g/mol. The van der Waals surface area contributed by atoms with Crippen LogP contribution in [0.5, 0.6) is 0 Å². The molecule has 0 radical (unpaired) electrons. The van der Waals surface area contributed by atoms with Crippen LogP contribution >= 0.6 is 15.9 Å². The van der Waals surface area contributed by atoms with Crippen LogP contribution in [-0.2, 0) is 9.53 Å². The lowest BCUT2D eigenvalue weighted by Crippen LogP contribution is -2.31. The zero-order valence-corrected chi connectivity index (χ0v) is 10.7. The Kier molecular flexibility index (Phi) is 4.67. The molecule has 1 heterocycles. The summed E-state index contributed by atoms with van der Waals surface area (Å²) in [5, 5.41) is 0. The number of carbonyl (C=O) groups is 1. The van der Waals surface area contributed by atoms with E-state index in [9.17, 15) is 9.59 Å². The highest BCUT2D eigenvalue weighted by atomic mass is 79.9. The molecule has 0 bridgehead atoms. The summed E-state index contributed by atoms with van der Waals surface area (Å²) in [6.07, 6.45) is 3.45. The van der Waals surface area contributed by atoms with Crippen LogP contribution in [0, 0.1) is 0 Å². The van der Waals surface area contributed by atoms with Crippen LogP contribution in [0.3, 0.4) is 0 Å². The molecule has 5 nitrogen and oxygen atoms in total. The fraction of sp³-hybridized carbons (Fsp3) is 0.500. The summed E-state index contributed by atoms with van der Waals surface area (Å²) in [7, 11) is 0. The van der Waals surface area contributed by atoms with Crippen molar-refractivity contribution in [1.29, 1.82) is 0 Å². The first-order valence-corrected chi connectivity index (χ1v) is 5.80. The normalized spacial score (nSPS) is 12.2. The maximum Gasteiger partial charge on any atom is 0.329 e. The van der Waals surface area contributed by atoms with E-state index in [1.807, 2.05) is 6.92 Å². The van der Waals surface area contributed by atoms with Gasteiger partial charge in [-0.3, -0.25) is 9.36 Å². The Hall–Kier alpha value is -1.17. The van der Waals surface area contributed by atoms with Crippen LogP contribution in [0.4, 0.5) is 0 Å². The third-order valence-corrected chi connectivity index (χ3v) is 2.65. The minimum absolute atomic E-state index is 0.192. The summed E-state index contributed by atoms with van der Waals surface area (Å²) in [6.45, 7) is 3.86. The van der Waals surface area contributed by atoms with Gasteiger partial charge in [-0.05, 0) is 29.3 Å². The molecule has 0 unspecified atom stereocenters. The van der Waals surface area contributed by atoms with E-state index in [1.165, 1.54) is 17.0 Å². The van der Waals surface area contributed by atoms with Gasteiger partial charge in [0.05, 0.1) is 6.61 Å². The van der Waals surface area contributed by atoms with E-state index in [0.717, 1.165) is 0 Å². The lowest BCUT2D eigenvalue weighted by Gasteiger charge is -2.16. The second-order valence-electron chi connectivity index (χ2n) is 3.11. The predicted octanol–water partition coefficient (Wildman–Crippen LogP) is 1.52. The number of nitrogens with zero attached hydrogens (tertiary/aromatic N) is 2. The van der Waals surface area contributed by atoms with Crippen LogP contribution < -0.4 is 5.56 Å². The van der Waals surface area contributed by atoms with Gasteiger partial charge in [0.15, 0.2) is 4.60 Å². The zero-order chi connectivity index (χ0) is 12.1. The van der Waals surface area contributed by atoms with Crippen molar-refractivity contribution in [2.45, 2.75) is 26.3 Å². The molecular weight excluding hydrogens is 276 g/mol. The molecule has 0 saturated heterocycles. The zero-order valence-electron chi connectivity index (χ0n) is 9.14. The second-order valence-corrected chi connectivity index (χ2v) is 3.86. The largest absolute Gasteiger partial charge is 0.464 e. The van der Waals surface area contributed by atoms with E-state index in [-0.39, 0.29) is 10.2 Å². The van der Waals surface area contributed by atoms with Gasteiger partial charge >= 0.3 is 5.97 Å². The van der Waals surface area contributed by atoms with E-state index in [1.54, 1.807) is 6.92 Å². The summed E-state index contributed by atoms with van der Waals surface area (Å²) < 4.78 is 6.43. The maximum atomic E-state index is 11.7. The van der Waals surface area contributed by atoms with E-state index in [2.05, 4.69) is 20.9 Å². The fourth-order valence-corrected chi connectivity index (χ4v) is 1.68. The molecule has 16 heavy (non-hydrogen) atoms. The average molecular weight is 289 g/mol. The predicted molar refractivity (Wildman–Crippen MR) is 62.2 cm³/mol. The van der Waals surface area contributed by atoms with Crippen LogP contribution in [0.25, 0.3) is 0 Å². The molecule has 0 aromatic carbocycles. The number of ether oxygens (including phenoxy) is 1. The van der Waals surface area contributed by atoms with Gasteiger partial charge in [0.1, 0.15) is 6.04 Å². The number of hydrogen-bond acceptors (Lipinski definition) is 4. The van der Waals surface area contributed by atoms with Gasteiger partial charge in [-0.25, -0.2) is 9.78 Å². The van der Waals surface area contributed by atoms with Crippen molar-refractivity contribution in [1.82, 2.24) is 9.55 Å². The minimum Gasteiger partial charge on any atom is -0.464 e. The summed E-state index contributed by atoms with van der Waals surface area (Å²) in [4.78, 5) is 27.1. The first kappa shape index (κ1) is 12.9. The second kappa shape index (κ2) is 5.79. The van der Waals surface area contributed by atoms with Crippen molar-refractivity contribution in [2.24, 2.45) is 0 Å². The molecule has 0 N–H and O–H groups in total. The molecule has 1 rings (SSSR count). The Balaban J connectivity index is 3.09. The number of hydrogen-bond donors (Lipinski definition) is 0. The van der Waals surface area contributed by atoms with Crippen LogP contribution in [-0.4, -0.2) is 22.1 Å². The SMILES string of the molecule is CCOC(=O)[C@H](CC)n1ccnc(Br)c1=O. The number of esters is 1. The number of rotatable bonds is 4. The Morgan fingerprint density at radius 3 is 2.88 bits per heavy atom. The molecule has 0 aliphatic heterocycles. The highest BCUT2D eigenvalue weighted by molar-refractivity contribution is 9.10. The summed E-state index contributed by atoms with van der Waals surface area (Å²) in [5.74, 6) is -0.398. The van der Waals surface area contributed by atoms with Crippen molar-refractivity contribution >= 4 is 21.9 Å². The summed E-state index contributed by atoms with van der Waals surface area (Å²) >= 11 is 3.04. The molecule has 0 amide bonds. The number of aromatic nitrogens is 2. The molecule has 1 aromatic rings. The average Bonchev–Trinajstić information content (AvgIpc) is 2.25.